The second-order valence-corrected chi connectivity index (χ2v) is 15.3. The van der Waals surface area contributed by atoms with Crippen LogP contribution in [0.25, 0.3) is 0 Å². The van der Waals surface area contributed by atoms with Gasteiger partial charge in [-0.2, -0.15) is 0 Å². The van der Waals surface area contributed by atoms with Gasteiger partial charge in [0.2, 0.25) is 0 Å². The second kappa shape index (κ2) is 7.76. The van der Waals surface area contributed by atoms with Crippen LogP contribution in [-0.2, 0) is 9.53 Å². The van der Waals surface area contributed by atoms with Crippen molar-refractivity contribution < 1.29 is 62.2 Å². The van der Waals surface area contributed by atoms with E-state index in [-0.39, 0.29) is 0 Å². The zero-order valence-electron chi connectivity index (χ0n) is 15.7. The Hall–Kier alpha value is 0.390. The zero-order chi connectivity index (χ0) is 21.9. The molecule has 0 aromatic rings. The quantitative estimate of drug-likeness (QED) is 0.0702. The van der Waals surface area contributed by atoms with E-state index in [4.69, 9.17) is 4.74 Å². The molecule has 3 fully saturated rings. The van der Waals surface area contributed by atoms with Gasteiger partial charge < -0.3 is 0 Å². The normalized spacial score (nSPS) is 26.4. The average molecular weight is 659 g/mol. The standard InChI is InChI=1S/C16H23F6I2N2O3/c1-12(23-2,16-24(25-16)26-16)11(27)29-10(8-9-6-4-3-5-7-9)13(28,14(17,18)19)15(20,21)22/h9-10,25-26,28H,3-8H2,1-2H3/q-1. The molecule has 172 valence electrons. The van der Waals surface area contributed by atoms with Gasteiger partial charge >= 0.3 is 183 Å². The summed E-state index contributed by atoms with van der Waals surface area (Å²) in [7, 11) is 0. The molecule has 2 saturated heterocycles. The van der Waals surface area contributed by atoms with E-state index in [2.05, 4.69) is 7.06 Å². The summed E-state index contributed by atoms with van der Waals surface area (Å²) in [6, 6.07) is 0. The first-order valence-corrected chi connectivity index (χ1v) is 15.5. The summed E-state index contributed by atoms with van der Waals surface area (Å²) >= 11 is -2.62. The molecule has 3 aliphatic rings. The second-order valence-electron chi connectivity index (χ2n) is 7.72. The van der Waals surface area contributed by atoms with Crippen LogP contribution >= 0.6 is 20.4 Å². The van der Waals surface area contributed by atoms with Gasteiger partial charge in [0, 0.05) is 0 Å². The van der Waals surface area contributed by atoms with E-state index < -0.39 is 91.0 Å². The molecule has 0 aromatic carbocycles. The molecule has 2 aliphatic heterocycles. The third-order valence-electron chi connectivity index (χ3n) is 5.92. The van der Waals surface area contributed by atoms with Crippen molar-refractivity contribution in [3.05, 3.63) is 0 Å². The number of fused-ring (bicyclic) bond motifs is 1. The molecule has 13 heteroatoms. The first-order valence-electron chi connectivity index (χ1n) is 9.06. The monoisotopic (exact) mass is 659 g/mol. The van der Waals surface area contributed by atoms with Gasteiger partial charge in [0.1, 0.15) is 0 Å². The van der Waals surface area contributed by atoms with Crippen LogP contribution in [0.3, 0.4) is 0 Å². The molecule has 0 amide bonds. The Labute approximate surface area is 182 Å². The third kappa shape index (κ3) is 3.99. The fraction of sp³-hybridized carbons (Fsp3) is 0.938. The molecule has 0 bridgehead atoms. The van der Waals surface area contributed by atoms with Crippen molar-refractivity contribution in [1.29, 1.82) is 0 Å². The Bertz CT molecular complexity index is 636. The van der Waals surface area contributed by atoms with Crippen LogP contribution in [-0.4, -0.2) is 47.2 Å². The summed E-state index contributed by atoms with van der Waals surface area (Å²) in [5.41, 5.74) is -5.11. The Balaban J connectivity index is 1.90. The Kier molecular flexibility index (Phi) is 6.43. The Morgan fingerprint density at radius 3 is 2.03 bits per heavy atom. The van der Waals surface area contributed by atoms with Gasteiger partial charge in [-0.1, -0.05) is 0 Å². The molecule has 2 atom stereocenters. The molecule has 3 rings (SSSR count). The fourth-order valence-electron chi connectivity index (χ4n) is 3.72. The summed E-state index contributed by atoms with van der Waals surface area (Å²) in [6.45, 7) is 1.52. The molecule has 2 heterocycles. The van der Waals surface area contributed by atoms with E-state index in [9.17, 15) is 36.2 Å². The number of halogens is 8. The molecule has 0 spiro atoms. The number of nitrogens with one attached hydrogen (secondary N) is 2. The van der Waals surface area contributed by atoms with Crippen LogP contribution in [0.5, 0.6) is 0 Å². The van der Waals surface area contributed by atoms with Crippen molar-refractivity contribution in [3.8, 4) is 0 Å². The maximum atomic E-state index is 13.5. The molecule has 0 radical (unpaired) electrons. The number of carbonyl (C=O) groups is 1. The number of hydrogen-bond acceptors (Lipinski definition) is 5. The number of esters is 1. The summed E-state index contributed by atoms with van der Waals surface area (Å²) in [5, 5.41) is 9.95. The predicted molar refractivity (Wildman–Crippen MR) is 95.5 cm³/mol. The molecule has 1 aliphatic carbocycles. The van der Waals surface area contributed by atoms with E-state index in [1.807, 2.05) is 0 Å². The number of hydrogen-bond donors (Lipinski definition) is 3. The molecular weight excluding hydrogens is 636 g/mol. The number of aliphatic hydroxyl groups is 1. The molecule has 1 saturated carbocycles. The van der Waals surface area contributed by atoms with Gasteiger partial charge in [-0.25, -0.2) is 0 Å². The zero-order valence-corrected chi connectivity index (χ0v) is 20.0. The minimum absolute atomic E-state index is 0.445. The average Bonchev–Trinajstić information content (AvgIpc) is 3.49. The Morgan fingerprint density at radius 1 is 1.17 bits per heavy atom. The van der Waals surface area contributed by atoms with Gasteiger partial charge in [0.25, 0.3) is 0 Å². The number of ether oxygens (including phenoxy) is 1. The van der Waals surface area contributed by atoms with Crippen molar-refractivity contribution in [1.82, 2.24) is 7.06 Å². The molecule has 3 N–H and O–H groups in total. The van der Waals surface area contributed by atoms with E-state index in [1.165, 1.54) is 6.92 Å². The van der Waals surface area contributed by atoms with Gasteiger partial charge in [0.05, 0.1) is 0 Å². The predicted octanol–water partition coefficient (Wildman–Crippen LogP) is 0.398. The fourth-order valence-corrected chi connectivity index (χ4v) is 14.0. The Morgan fingerprint density at radius 2 is 1.66 bits per heavy atom. The van der Waals surface area contributed by atoms with E-state index >= 15 is 0 Å². The van der Waals surface area contributed by atoms with Crippen LogP contribution in [0.4, 0.5) is 26.3 Å². The SMILES string of the molecule is C[I-]C(C)(C(=O)OC(CC1CCCCC1)C(O)(C(F)(F)F)C(F)(F)F)C12NI1N2. The van der Waals surface area contributed by atoms with Crippen molar-refractivity contribution in [2.24, 2.45) is 5.92 Å². The van der Waals surface area contributed by atoms with Crippen LogP contribution in [0.1, 0.15) is 45.4 Å². The van der Waals surface area contributed by atoms with Crippen molar-refractivity contribution in [2.75, 3.05) is 4.93 Å². The van der Waals surface area contributed by atoms with Crippen LogP contribution < -0.4 is 28.3 Å². The number of rotatable bonds is 7. The van der Waals surface area contributed by atoms with Gasteiger partial charge in [-0.15, -0.1) is 0 Å². The molecule has 0 aromatic heterocycles. The topological polar surface area (TPSA) is 90.4 Å². The van der Waals surface area contributed by atoms with Crippen molar-refractivity contribution in [3.63, 3.8) is 0 Å². The van der Waals surface area contributed by atoms with Crippen molar-refractivity contribution >= 4 is 26.3 Å². The van der Waals surface area contributed by atoms with Crippen LogP contribution in [0, 0.1) is 5.92 Å². The van der Waals surface area contributed by atoms with Gasteiger partial charge in [-0.3, -0.25) is 0 Å². The first-order chi connectivity index (χ1) is 13.2. The molecule has 5 nitrogen and oxygen atoms in total. The van der Waals surface area contributed by atoms with Crippen LogP contribution in [0.15, 0.2) is 0 Å². The number of carbonyl (C=O) groups excluding carboxylic acids is 1. The van der Waals surface area contributed by atoms with E-state index in [0.717, 1.165) is 6.42 Å². The first kappa shape index (κ1) is 24.0. The molecule has 2 unspecified atom stereocenters. The summed E-state index contributed by atoms with van der Waals surface area (Å²) in [4.78, 5) is 14.6. The maximum absolute atomic E-state index is 13.5. The minimum atomic E-state index is -6.03. The molecule has 29 heavy (non-hydrogen) atoms. The third-order valence-corrected chi connectivity index (χ3v) is 15.2. The van der Waals surface area contributed by atoms with Crippen molar-refractivity contribution in [2.45, 2.75) is 76.6 Å². The van der Waals surface area contributed by atoms with E-state index in [0.29, 0.717) is 25.7 Å². The van der Waals surface area contributed by atoms with E-state index in [1.54, 1.807) is 4.93 Å². The summed E-state index contributed by atoms with van der Waals surface area (Å²) in [5.74, 6) is -1.57. The van der Waals surface area contributed by atoms with Crippen LogP contribution in [0.2, 0.25) is 0 Å². The summed E-state index contributed by atoms with van der Waals surface area (Å²) < 4.78 is 90.4. The molecular formula is C16H23F6I2N2O3-. The summed E-state index contributed by atoms with van der Waals surface area (Å²) in [6.07, 6.45) is -12.4. The number of alkyl halides is 9. The van der Waals surface area contributed by atoms with Gasteiger partial charge in [-0.05, 0) is 0 Å². The van der Waals surface area contributed by atoms with Gasteiger partial charge in [0.15, 0.2) is 0 Å².